The Morgan fingerprint density at radius 1 is 0.804 bits per heavy atom. The van der Waals surface area contributed by atoms with Crippen LogP contribution in [0.25, 0.3) is 0 Å². The first-order valence-corrected chi connectivity index (χ1v) is 20.5. The lowest BCUT2D eigenvalue weighted by atomic mass is 9.95. The van der Waals surface area contributed by atoms with Crippen molar-refractivity contribution in [2.45, 2.75) is 104 Å². The van der Waals surface area contributed by atoms with E-state index in [0.29, 0.717) is 53.1 Å². The highest BCUT2D eigenvalue weighted by Crippen LogP contribution is 2.39. The van der Waals surface area contributed by atoms with Crippen molar-refractivity contribution in [3.8, 4) is 0 Å². The quantitative estimate of drug-likeness (QED) is 0.0969. The number of methoxy groups -OCH3 is 1. The van der Waals surface area contributed by atoms with E-state index in [1.807, 2.05) is 75.4 Å². The van der Waals surface area contributed by atoms with Crippen molar-refractivity contribution in [3.05, 3.63) is 117 Å². The van der Waals surface area contributed by atoms with Gasteiger partial charge in [-0.1, -0.05) is 50.2 Å². The number of nitrogens with zero attached hydrogens (tertiary/aromatic N) is 1. The molecule has 5 rings (SSSR count). The Morgan fingerprint density at radius 3 is 2.11 bits per heavy atom. The first-order valence-electron chi connectivity index (χ1n) is 19.7. The van der Waals surface area contributed by atoms with Crippen molar-refractivity contribution in [2.24, 2.45) is 0 Å². The van der Waals surface area contributed by atoms with Crippen LogP contribution in [0, 0.1) is 0 Å². The molecule has 0 spiro atoms. The third-order valence-electron chi connectivity index (χ3n) is 10.0. The molecule has 298 valence electrons. The van der Waals surface area contributed by atoms with Crippen LogP contribution in [0.1, 0.15) is 119 Å². The van der Waals surface area contributed by atoms with Gasteiger partial charge in [-0.05, 0) is 131 Å². The van der Waals surface area contributed by atoms with Gasteiger partial charge >= 0.3 is 12.1 Å². The summed E-state index contributed by atoms with van der Waals surface area (Å²) >= 11 is 1.50. The molecule has 0 aliphatic heterocycles. The van der Waals surface area contributed by atoms with Crippen molar-refractivity contribution in [1.29, 1.82) is 0 Å². The first-order chi connectivity index (χ1) is 26.9. The molecule has 0 radical (unpaired) electrons. The molecule has 4 aromatic rings. The fourth-order valence-electron chi connectivity index (χ4n) is 7.09. The molecule has 0 atom stereocenters. The number of ether oxygens (including phenoxy) is 2. The summed E-state index contributed by atoms with van der Waals surface area (Å²) in [5.74, 6) is -0.839. The summed E-state index contributed by atoms with van der Waals surface area (Å²) in [6.45, 7) is 11.6. The molecule has 0 unspecified atom stereocenters. The van der Waals surface area contributed by atoms with Crippen molar-refractivity contribution in [2.75, 3.05) is 30.8 Å². The van der Waals surface area contributed by atoms with Gasteiger partial charge in [0.15, 0.2) is 0 Å². The van der Waals surface area contributed by atoms with E-state index in [1.165, 1.54) is 18.4 Å². The van der Waals surface area contributed by atoms with Crippen molar-refractivity contribution >= 4 is 45.9 Å². The fraction of sp³-hybridized carbons (Fsp3) is 0.422. The van der Waals surface area contributed by atoms with Crippen LogP contribution in [0.5, 0.6) is 0 Å². The van der Waals surface area contributed by atoms with Gasteiger partial charge in [-0.3, -0.25) is 14.5 Å². The molecule has 10 nitrogen and oxygen atoms in total. The number of amides is 3. The maximum Gasteiger partial charge on any atom is 0.407 e. The van der Waals surface area contributed by atoms with Gasteiger partial charge in [-0.15, -0.1) is 11.3 Å². The average molecular weight is 781 g/mol. The number of thiophene rings is 1. The van der Waals surface area contributed by atoms with Crippen LogP contribution in [0.4, 0.5) is 15.5 Å². The van der Waals surface area contributed by atoms with Crippen molar-refractivity contribution < 1.29 is 28.7 Å². The molecule has 0 fully saturated rings. The molecule has 0 saturated heterocycles. The van der Waals surface area contributed by atoms with E-state index in [2.05, 4.69) is 34.7 Å². The SMILES string of the molecule is CCC(CC)N(CCNC(=O)OC(C)(C)C)Cc1cccc(C(=O)Nc2sc3c(c2C(=O)Nc2ccc(CCc4ccc(C(=O)OC)cc4)cc2)CCCC3)c1. The largest absolute Gasteiger partial charge is 0.465 e. The number of fused-ring (bicyclic) bond motifs is 1. The molecule has 3 amide bonds. The number of carbonyl (C=O) groups excluding carboxylic acids is 4. The number of aryl methyl sites for hydroxylation is 3. The Morgan fingerprint density at radius 2 is 1.46 bits per heavy atom. The number of esters is 1. The Labute approximate surface area is 335 Å². The molecule has 1 aliphatic carbocycles. The zero-order valence-corrected chi connectivity index (χ0v) is 34.4. The maximum absolute atomic E-state index is 13.9. The highest BCUT2D eigenvalue weighted by molar-refractivity contribution is 7.17. The number of anilines is 2. The lowest BCUT2D eigenvalue weighted by Gasteiger charge is -2.31. The van der Waals surface area contributed by atoms with E-state index in [4.69, 9.17) is 9.47 Å². The maximum atomic E-state index is 13.9. The Kier molecular flexibility index (Phi) is 14.9. The van der Waals surface area contributed by atoms with Crippen LogP contribution in [0.2, 0.25) is 0 Å². The normalized spacial score (nSPS) is 12.6. The van der Waals surface area contributed by atoms with E-state index in [-0.39, 0.29) is 17.8 Å². The van der Waals surface area contributed by atoms with E-state index in [0.717, 1.165) is 78.5 Å². The first kappa shape index (κ1) is 42.1. The van der Waals surface area contributed by atoms with Crippen LogP contribution in [-0.2, 0) is 41.7 Å². The second-order valence-electron chi connectivity index (χ2n) is 15.3. The number of hydrogen-bond donors (Lipinski definition) is 3. The molecule has 1 heterocycles. The van der Waals surface area contributed by atoms with Crippen LogP contribution in [-0.4, -0.2) is 60.6 Å². The standard InChI is InChI=1S/C45H56N4O6S/c1-7-36(8-2)49(27-26-46-44(53)55-45(3,4)5)29-32-12-11-13-34(28-32)40(50)48-42-39(37-14-9-10-15-38(37)56-42)41(51)47-35-24-20-31(21-25-35)17-16-30-18-22-33(23-19-30)43(52)54-6/h11-13,18-25,28,36H,7-10,14-17,26-27,29H2,1-6H3,(H,46,53)(H,47,51)(H,48,50). The number of alkyl carbamates (subject to hydrolysis) is 1. The Balaban J connectivity index is 1.24. The molecule has 3 aromatic carbocycles. The average Bonchev–Trinajstić information content (AvgIpc) is 3.55. The topological polar surface area (TPSA) is 126 Å². The minimum absolute atomic E-state index is 0.229. The lowest BCUT2D eigenvalue weighted by Crippen LogP contribution is -2.41. The van der Waals surface area contributed by atoms with Crippen molar-refractivity contribution in [3.63, 3.8) is 0 Å². The molecule has 0 saturated carbocycles. The molecule has 1 aliphatic rings. The third-order valence-corrected chi connectivity index (χ3v) is 11.2. The number of rotatable bonds is 16. The van der Waals surface area contributed by atoms with Gasteiger partial charge in [-0.25, -0.2) is 9.59 Å². The summed E-state index contributed by atoms with van der Waals surface area (Å²) < 4.78 is 10.2. The van der Waals surface area contributed by atoms with Crippen LogP contribution in [0.15, 0.2) is 72.8 Å². The zero-order chi connectivity index (χ0) is 40.2. The second-order valence-corrected chi connectivity index (χ2v) is 16.4. The number of nitrogens with one attached hydrogen (secondary N) is 3. The van der Waals surface area contributed by atoms with Gasteiger partial charge in [0.25, 0.3) is 11.8 Å². The summed E-state index contributed by atoms with van der Waals surface area (Å²) in [5, 5.41) is 9.66. The van der Waals surface area contributed by atoms with Gasteiger partial charge in [0.1, 0.15) is 10.6 Å². The second kappa shape index (κ2) is 19.7. The monoisotopic (exact) mass is 780 g/mol. The third kappa shape index (κ3) is 11.8. The fourth-order valence-corrected chi connectivity index (χ4v) is 8.37. The summed E-state index contributed by atoms with van der Waals surface area (Å²) in [6, 6.07) is 23.2. The van der Waals surface area contributed by atoms with E-state index in [1.54, 1.807) is 18.2 Å². The number of carbonyl (C=O) groups is 4. The van der Waals surface area contributed by atoms with Gasteiger partial charge in [0, 0.05) is 41.8 Å². The van der Waals surface area contributed by atoms with Crippen LogP contribution < -0.4 is 16.0 Å². The summed E-state index contributed by atoms with van der Waals surface area (Å²) in [6.07, 6.45) is 6.84. The van der Waals surface area contributed by atoms with Gasteiger partial charge in [-0.2, -0.15) is 0 Å². The minimum atomic E-state index is -0.564. The molecule has 1 aromatic heterocycles. The van der Waals surface area contributed by atoms with E-state index >= 15 is 0 Å². The Hall–Kier alpha value is -5.00. The van der Waals surface area contributed by atoms with E-state index < -0.39 is 11.7 Å². The predicted molar refractivity (Wildman–Crippen MR) is 224 cm³/mol. The zero-order valence-electron chi connectivity index (χ0n) is 33.6. The van der Waals surface area contributed by atoms with Gasteiger partial charge < -0.3 is 25.4 Å². The molecule has 56 heavy (non-hydrogen) atoms. The molecule has 0 bridgehead atoms. The smallest absolute Gasteiger partial charge is 0.407 e. The lowest BCUT2D eigenvalue weighted by molar-refractivity contribution is 0.0515. The van der Waals surface area contributed by atoms with E-state index in [9.17, 15) is 19.2 Å². The summed E-state index contributed by atoms with van der Waals surface area (Å²) in [4.78, 5) is 55.3. The van der Waals surface area contributed by atoms with Crippen molar-refractivity contribution in [1.82, 2.24) is 10.2 Å². The molecule has 3 N–H and O–H groups in total. The summed E-state index contributed by atoms with van der Waals surface area (Å²) in [5.41, 5.74) is 5.98. The van der Waals surface area contributed by atoms with Gasteiger partial charge in [0.05, 0.1) is 18.2 Å². The molecular weight excluding hydrogens is 725 g/mol. The van der Waals surface area contributed by atoms with Crippen LogP contribution >= 0.6 is 11.3 Å². The summed E-state index contributed by atoms with van der Waals surface area (Å²) in [7, 11) is 1.37. The van der Waals surface area contributed by atoms with Crippen LogP contribution in [0.3, 0.4) is 0 Å². The molecular formula is C45H56N4O6S. The highest BCUT2D eigenvalue weighted by atomic mass is 32.1. The minimum Gasteiger partial charge on any atom is -0.465 e. The molecule has 11 heteroatoms. The number of benzene rings is 3. The predicted octanol–water partition coefficient (Wildman–Crippen LogP) is 9.22. The number of hydrogen-bond acceptors (Lipinski definition) is 8. The highest BCUT2D eigenvalue weighted by Gasteiger charge is 2.27. The van der Waals surface area contributed by atoms with Gasteiger partial charge in [0.2, 0.25) is 0 Å². The Bertz CT molecular complexity index is 1960.